The molecule has 1 aliphatic heterocycles. The van der Waals surface area contributed by atoms with Gasteiger partial charge in [0.15, 0.2) is 0 Å². The minimum absolute atomic E-state index is 0.0715. The number of Topliss-reactive ketones (excluding diaryl/α,β-unsaturated/α-hetero) is 1. The zero-order chi connectivity index (χ0) is 10.6. The van der Waals surface area contributed by atoms with Crippen molar-refractivity contribution in [3.8, 4) is 0 Å². The molecule has 1 aliphatic rings. The van der Waals surface area contributed by atoms with Crippen LogP contribution in [0.1, 0.15) is 39.0 Å². The van der Waals surface area contributed by atoms with Crippen molar-refractivity contribution in [3.63, 3.8) is 0 Å². The lowest BCUT2D eigenvalue weighted by molar-refractivity contribution is -0.138. The second-order valence-corrected chi connectivity index (χ2v) is 3.60. The Kier molecular flexibility index (Phi) is 3.80. The third-order valence-electron chi connectivity index (χ3n) is 2.32. The van der Waals surface area contributed by atoms with Crippen molar-refractivity contribution in [3.05, 3.63) is 0 Å². The normalized spacial score (nSPS) is 16.5. The van der Waals surface area contributed by atoms with Gasteiger partial charge in [0.1, 0.15) is 5.78 Å². The van der Waals surface area contributed by atoms with Crippen LogP contribution in [0.25, 0.3) is 0 Å². The average Bonchev–Trinajstić information content (AvgIpc) is 2.42. The van der Waals surface area contributed by atoms with E-state index in [1.54, 1.807) is 6.92 Å². The highest BCUT2D eigenvalue weighted by Gasteiger charge is 2.27. The largest absolute Gasteiger partial charge is 0.300 e. The number of likely N-dealkylation sites (tertiary alicyclic amines) is 1. The SMILES string of the molecule is CC(=O)CCCCN1C(=O)CCC1=O. The highest BCUT2D eigenvalue weighted by Crippen LogP contribution is 2.12. The van der Waals surface area contributed by atoms with Crippen LogP contribution in [0, 0.1) is 0 Å². The van der Waals surface area contributed by atoms with E-state index in [1.165, 1.54) is 4.90 Å². The zero-order valence-corrected chi connectivity index (χ0v) is 8.41. The first kappa shape index (κ1) is 10.9. The van der Waals surface area contributed by atoms with Crippen LogP contribution < -0.4 is 0 Å². The lowest BCUT2D eigenvalue weighted by Gasteiger charge is -2.12. The molecule has 1 heterocycles. The Labute approximate surface area is 83.3 Å². The number of hydrogen-bond donors (Lipinski definition) is 0. The molecular formula is C10H15NO3. The van der Waals surface area contributed by atoms with Gasteiger partial charge in [-0.2, -0.15) is 0 Å². The fraction of sp³-hybridized carbons (Fsp3) is 0.700. The van der Waals surface area contributed by atoms with Gasteiger partial charge in [-0.25, -0.2) is 0 Å². The minimum Gasteiger partial charge on any atom is -0.300 e. The van der Waals surface area contributed by atoms with Crippen molar-refractivity contribution in [2.75, 3.05) is 6.54 Å². The monoisotopic (exact) mass is 197 g/mol. The fourth-order valence-corrected chi connectivity index (χ4v) is 1.52. The number of nitrogens with zero attached hydrogens (tertiary/aromatic N) is 1. The molecule has 0 aromatic heterocycles. The molecule has 0 N–H and O–H groups in total. The van der Waals surface area contributed by atoms with Crippen LogP contribution in [0.4, 0.5) is 0 Å². The molecule has 4 heteroatoms. The Bertz CT molecular complexity index is 244. The van der Waals surface area contributed by atoms with Gasteiger partial charge in [0, 0.05) is 25.8 Å². The number of amides is 2. The summed E-state index contributed by atoms with van der Waals surface area (Å²) in [6.45, 7) is 2.02. The Balaban J connectivity index is 2.20. The molecule has 1 fully saturated rings. The van der Waals surface area contributed by atoms with Gasteiger partial charge in [-0.1, -0.05) is 0 Å². The van der Waals surface area contributed by atoms with Gasteiger partial charge in [0.25, 0.3) is 0 Å². The maximum Gasteiger partial charge on any atom is 0.229 e. The third kappa shape index (κ3) is 2.94. The summed E-state index contributed by atoms with van der Waals surface area (Å²) < 4.78 is 0. The summed E-state index contributed by atoms with van der Waals surface area (Å²) in [5.41, 5.74) is 0. The minimum atomic E-state index is -0.0715. The highest BCUT2D eigenvalue weighted by atomic mass is 16.2. The summed E-state index contributed by atoms with van der Waals surface area (Å²) in [4.78, 5) is 34.2. The molecule has 2 amide bonds. The Morgan fingerprint density at radius 3 is 2.29 bits per heavy atom. The average molecular weight is 197 g/mol. The number of carbonyl (C=O) groups is 3. The number of unbranched alkanes of at least 4 members (excludes halogenated alkanes) is 1. The van der Waals surface area contributed by atoms with E-state index in [0.29, 0.717) is 25.8 Å². The molecule has 0 atom stereocenters. The maximum absolute atomic E-state index is 11.2. The Morgan fingerprint density at radius 2 is 1.79 bits per heavy atom. The van der Waals surface area contributed by atoms with Gasteiger partial charge in [0.2, 0.25) is 11.8 Å². The standard InChI is InChI=1S/C10H15NO3/c1-8(12)4-2-3-7-11-9(13)5-6-10(11)14/h2-7H2,1H3. The van der Waals surface area contributed by atoms with E-state index < -0.39 is 0 Å². The number of hydrogen-bond acceptors (Lipinski definition) is 3. The number of rotatable bonds is 5. The Morgan fingerprint density at radius 1 is 1.21 bits per heavy atom. The van der Waals surface area contributed by atoms with E-state index in [-0.39, 0.29) is 17.6 Å². The second kappa shape index (κ2) is 4.88. The molecule has 14 heavy (non-hydrogen) atoms. The van der Waals surface area contributed by atoms with E-state index in [0.717, 1.165) is 12.8 Å². The van der Waals surface area contributed by atoms with Crippen LogP contribution in [0.5, 0.6) is 0 Å². The summed E-state index contributed by atoms with van der Waals surface area (Å²) in [6, 6.07) is 0. The van der Waals surface area contributed by atoms with Crippen LogP contribution in [-0.4, -0.2) is 29.0 Å². The third-order valence-corrected chi connectivity index (χ3v) is 2.32. The molecular weight excluding hydrogens is 182 g/mol. The summed E-state index contributed by atoms with van der Waals surface area (Å²) >= 11 is 0. The molecule has 0 aliphatic carbocycles. The lowest BCUT2D eigenvalue weighted by Crippen LogP contribution is -2.29. The predicted octanol–water partition coefficient (Wildman–Crippen LogP) is 0.895. The van der Waals surface area contributed by atoms with E-state index in [4.69, 9.17) is 0 Å². The van der Waals surface area contributed by atoms with Crippen molar-refractivity contribution in [1.29, 1.82) is 0 Å². The van der Waals surface area contributed by atoms with Crippen molar-refractivity contribution in [1.82, 2.24) is 4.90 Å². The van der Waals surface area contributed by atoms with Gasteiger partial charge in [0.05, 0.1) is 0 Å². The molecule has 0 radical (unpaired) electrons. The molecule has 78 valence electrons. The van der Waals surface area contributed by atoms with Crippen LogP contribution in [0.2, 0.25) is 0 Å². The number of imide groups is 1. The summed E-state index contributed by atoms with van der Waals surface area (Å²) in [5.74, 6) is 0.0136. The van der Waals surface area contributed by atoms with Crippen LogP contribution in [0.15, 0.2) is 0 Å². The van der Waals surface area contributed by atoms with Gasteiger partial charge in [-0.3, -0.25) is 14.5 Å². The molecule has 0 aromatic carbocycles. The van der Waals surface area contributed by atoms with Crippen molar-refractivity contribution >= 4 is 17.6 Å². The van der Waals surface area contributed by atoms with Gasteiger partial charge >= 0.3 is 0 Å². The van der Waals surface area contributed by atoms with E-state index in [1.807, 2.05) is 0 Å². The predicted molar refractivity (Wildman–Crippen MR) is 50.5 cm³/mol. The molecule has 0 aromatic rings. The van der Waals surface area contributed by atoms with Crippen molar-refractivity contribution in [2.24, 2.45) is 0 Å². The molecule has 1 saturated heterocycles. The molecule has 4 nitrogen and oxygen atoms in total. The quantitative estimate of drug-likeness (QED) is 0.486. The topological polar surface area (TPSA) is 54.5 Å². The summed E-state index contributed by atoms with van der Waals surface area (Å²) in [6.07, 6.45) is 2.73. The molecule has 0 spiro atoms. The molecule has 0 bridgehead atoms. The van der Waals surface area contributed by atoms with E-state index in [2.05, 4.69) is 0 Å². The second-order valence-electron chi connectivity index (χ2n) is 3.60. The van der Waals surface area contributed by atoms with E-state index in [9.17, 15) is 14.4 Å². The summed E-state index contributed by atoms with van der Waals surface area (Å²) in [5, 5.41) is 0. The zero-order valence-electron chi connectivity index (χ0n) is 8.41. The first-order chi connectivity index (χ1) is 6.61. The highest BCUT2D eigenvalue weighted by molar-refractivity contribution is 6.01. The van der Waals surface area contributed by atoms with E-state index >= 15 is 0 Å². The number of carbonyl (C=O) groups excluding carboxylic acids is 3. The fourth-order valence-electron chi connectivity index (χ4n) is 1.52. The van der Waals surface area contributed by atoms with Crippen LogP contribution in [-0.2, 0) is 14.4 Å². The summed E-state index contributed by atoms with van der Waals surface area (Å²) in [7, 11) is 0. The van der Waals surface area contributed by atoms with Crippen molar-refractivity contribution in [2.45, 2.75) is 39.0 Å². The molecule has 0 unspecified atom stereocenters. The molecule has 0 saturated carbocycles. The molecule has 1 rings (SSSR count). The smallest absolute Gasteiger partial charge is 0.229 e. The Hall–Kier alpha value is -1.19. The van der Waals surface area contributed by atoms with Gasteiger partial charge < -0.3 is 4.79 Å². The van der Waals surface area contributed by atoms with Crippen LogP contribution in [0.3, 0.4) is 0 Å². The van der Waals surface area contributed by atoms with Crippen LogP contribution >= 0.6 is 0 Å². The van der Waals surface area contributed by atoms with Gasteiger partial charge in [-0.15, -0.1) is 0 Å². The maximum atomic E-state index is 11.2. The first-order valence-electron chi connectivity index (χ1n) is 4.94. The van der Waals surface area contributed by atoms with Crippen molar-refractivity contribution < 1.29 is 14.4 Å². The first-order valence-corrected chi connectivity index (χ1v) is 4.94. The lowest BCUT2D eigenvalue weighted by atomic mass is 10.2. The number of ketones is 1. The van der Waals surface area contributed by atoms with Gasteiger partial charge in [-0.05, 0) is 19.8 Å².